The summed E-state index contributed by atoms with van der Waals surface area (Å²) in [7, 11) is 0. The molecule has 1 aliphatic rings. The van der Waals surface area contributed by atoms with Crippen LogP contribution >= 0.6 is 0 Å². The minimum absolute atomic E-state index is 0.0566. The molecule has 1 fully saturated rings. The molecule has 7 heteroatoms. The Bertz CT molecular complexity index is 405. The summed E-state index contributed by atoms with van der Waals surface area (Å²) in [5.41, 5.74) is 0. The first kappa shape index (κ1) is 14.0. The first-order valence-electron chi connectivity index (χ1n) is 5.79. The van der Waals surface area contributed by atoms with E-state index in [1.165, 1.54) is 24.3 Å². The fourth-order valence-electron chi connectivity index (χ4n) is 1.82. The number of hydrogen-bond acceptors (Lipinski definition) is 7. The molecule has 1 aromatic rings. The van der Waals surface area contributed by atoms with Gasteiger partial charge in [-0.15, -0.1) is 0 Å². The van der Waals surface area contributed by atoms with Crippen LogP contribution in [-0.4, -0.2) is 62.8 Å². The van der Waals surface area contributed by atoms with E-state index >= 15 is 0 Å². The number of benzene rings is 1. The molecule has 0 bridgehead atoms. The minimum atomic E-state index is -1.48. The van der Waals surface area contributed by atoms with Crippen LogP contribution in [0.2, 0.25) is 0 Å². The van der Waals surface area contributed by atoms with E-state index in [0.717, 1.165) is 0 Å². The largest absolute Gasteiger partial charge is 0.508 e. The Hall–Kier alpha value is -1.38. The summed E-state index contributed by atoms with van der Waals surface area (Å²) in [4.78, 5) is 0. The van der Waals surface area contributed by atoms with Gasteiger partial charge in [-0.2, -0.15) is 0 Å². The average Bonchev–Trinajstić information content (AvgIpc) is 2.42. The molecule has 0 saturated carbocycles. The topological polar surface area (TPSA) is 120 Å². The summed E-state index contributed by atoms with van der Waals surface area (Å²) in [6, 6.07) is 5.69. The molecular formula is C12H16O7. The molecule has 5 atom stereocenters. The fourth-order valence-corrected chi connectivity index (χ4v) is 1.82. The second kappa shape index (κ2) is 5.72. The predicted octanol–water partition coefficient (Wildman–Crippen LogP) is -1.43. The zero-order valence-electron chi connectivity index (χ0n) is 9.96. The lowest BCUT2D eigenvalue weighted by Gasteiger charge is -2.39. The Balaban J connectivity index is 2.08. The molecule has 2 rings (SSSR count). The van der Waals surface area contributed by atoms with E-state index in [1.54, 1.807) is 0 Å². The van der Waals surface area contributed by atoms with Gasteiger partial charge >= 0.3 is 0 Å². The lowest BCUT2D eigenvalue weighted by molar-refractivity contribution is -0.277. The van der Waals surface area contributed by atoms with Crippen LogP contribution in [0.3, 0.4) is 0 Å². The van der Waals surface area contributed by atoms with E-state index in [2.05, 4.69) is 0 Å². The number of aliphatic hydroxyl groups excluding tert-OH is 4. The number of phenolic OH excluding ortho intramolecular Hbond substituents is 1. The molecular weight excluding hydrogens is 256 g/mol. The minimum Gasteiger partial charge on any atom is -0.508 e. The van der Waals surface area contributed by atoms with Crippen LogP contribution in [0.25, 0.3) is 0 Å². The van der Waals surface area contributed by atoms with E-state index in [4.69, 9.17) is 19.7 Å². The van der Waals surface area contributed by atoms with Gasteiger partial charge < -0.3 is 35.0 Å². The van der Waals surface area contributed by atoms with Crippen molar-refractivity contribution in [1.29, 1.82) is 0 Å². The third-order valence-electron chi connectivity index (χ3n) is 2.94. The van der Waals surface area contributed by atoms with E-state index in [1.807, 2.05) is 0 Å². The van der Waals surface area contributed by atoms with Gasteiger partial charge in [-0.1, -0.05) is 0 Å². The van der Waals surface area contributed by atoms with E-state index in [9.17, 15) is 15.3 Å². The molecule has 0 radical (unpaired) electrons. The molecule has 0 amide bonds. The molecule has 0 aliphatic carbocycles. The molecule has 1 aliphatic heterocycles. The van der Waals surface area contributed by atoms with Crippen molar-refractivity contribution < 1.29 is 35.0 Å². The van der Waals surface area contributed by atoms with Gasteiger partial charge in [0.15, 0.2) is 0 Å². The van der Waals surface area contributed by atoms with Crippen LogP contribution in [0.5, 0.6) is 11.5 Å². The van der Waals surface area contributed by atoms with Crippen molar-refractivity contribution >= 4 is 0 Å². The molecule has 19 heavy (non-hydrogen) atoms. The lowest BCUT2D eigenvalue weighted by Crippen LogP contribution is -2.60. The second-order valence-electron chi connectivity index (χ2n) is 4.31. The Labute approximate surface area is 109 Å². The van der Waals surface area contributed by atoms with Gasteiger partial charge in [-0.3, -0.25) is 0 Å². The Kier molecular flexibility index (Phi) is 4.23. The molecule has 1 saturated heterocycles. The van der Waals surface area contributed by atoms with Gasteiger partial charge in [0.1, 0.15) is 35.9 Å². The fraction of sp³-hybridized carbons (Fsp3) is 0.500. The highest BCUT2D eigenvalue weighted by Crippen LogP contribution is 2.25. The van der Waals surface area contributed by atoms with Crippen LogP contribution in [0.4, 0.5) is 0 Å². The number of aromatic hydroxyl groups is 1. The summed E-state index contributed by atoms with van der Waals surface area (Å²) < 4.78 is 10.5. The second-order valence-corrected chi connectivity index (χ2v) is 4.31. The quantitative estimate of drug-likeness (QED) is 0.457. The maximum atomic E-state index is 9.75. The zero-order valence-corrected chi connectivity index (χ0v) is 9.96. The molecule has 0 unspecified atom stereocenters. The summed E-state index contributed by atoms with van der Waals surface area (Å²) in [6.45, 7) is -0.514. The number of aliphatic hydroxyl groups is 4. The van der Waals surface area contributed by atoms with Crippen LogP contribution in [-0.2, 0) is 4.74 Å². The standard InChI is InChI=1S/C12H16O7/c13-5-8-9(15)10(16)11(17)12(19-8)18-7-3-1-6(14)2-4-7/h1-4,8-17H,5H2/t8-,9+,10-,11-,12-/m1/s1. The molecule has 1 aromatic carbocycles. The highest BCUT2D eigenvalue weighted by molar-refractivity contribution is 5.30. The number of rotatable bonds is 3. The van der Waals surface area contributed by atoms with Crippen molar-refractivity contribution in [2.45, 2.75) is 30.7 Å². The molecule has 0 aromatic heterocycles. The highest BCUT2D eigenvalue weighted by atomic mass is 16.7. The Morgan fingerprint density at radius 1 is 1.00 bits per heavy atom. The van der Waals surface area contributed by atoms with Crippen LogP contribution in [0.15, 0.2) is 24.3 Å². The van der Waals surface area contributed by atoms with E-state index in [0.29, 0.717) is 5.75 Å². The van der Waals surface area contributed by atoms with Gasteiger partial charge in [-0.05, 0) is 24.3 Å². The monoisotopic (exact) mass is 272 g/mol. The normalized spacial score (nSPS) is 35.1. The third-order valence-corrected chi connectivity index (χ3v) is 2.94. The Morgan fingerprint density at radius 2 is 1.63 bits per heavy atom. The number of phenols is 1. The summed E-state index contributed by atoms with van der Waals surface area (Å²) in [5, 5.41) is 47.1. The Morgan fingerprint density at radius 3 is 2.21 bits per heavy atom. The number of hydrogen-bond donors (Lipinski definition) is 5. The molecule has 1 heterocycles. The van der Waals surface area contributed by atoms with Crippen molar-refractivity contribution in [2.75, 3.05) is 6.61 Å². The summed E-state index contributed by atoms with van der Waals surface area (Å²) >= 11 is 0. The van der Waals surface area contributed by atoms with Gasteiger partial charge in [0.2, 0.25) is 6.29 Å². The van der Waals surface area contributed by atoms with Gasteiger partial charge in [0.25, 0.3) is 0 Å². The maximum absolute atomic E-state index is 9.75. The van der Waals surface area contributed by atoms with Crippen molar-refractivity contribution in [3.05, 3.63) is 24.3 Å². The van der Waals surface area contributed by atoms with Crippen LogP contribution in [0.1, 0.15) is 0 Å². The first-order valence-corrected chi connectivity index (χ1v) is 5.79. The van der Waals surface area contributed by atoms with E-state index < -0.39 is 37.3 Å². The van der Waals surface area contributed by atoms with Gasteiger partial charge in [0, 0.05) is 0 Å². The van der Waals surface area contributed by atoms with E-state index in [-0.39, 0.29) is 5.75 Å². The number of ether oxygens (including phenoxy) is 2. The smallest absolute Gasteiger partial charge is 0.229 e. The van der Waals surface area contributed by atoms with Crippen molar-refractivity contribution in [2.24, 2.45) is 0 Å². The predicted molar refractivity (Wildman–Crippen MR) is 62.5 cm³/mol. The molecule has 0 spiro atoms. The van der Waals surface area contributed by atoms with Crippen molar-refractivity contribution in [1.82, 2.24) is 0 Å². The third kappa shape index (κ3) is 2.96. The highest BCUT2D eigenvalue weighted by Gasteiger charge is 2.44. The van der Waals surface area contributed by atoms with Gasteiger partial charge in [-0.25, -0.2) is 0 Å². The van der Waals surface area contributed by atoms with Crippen molar-refractivity contribution in [3.8, 4) is 11.5 Å². The molecule has 106 valence electrons. The summed E-state index contributed by atoms with van der Waals surface area (Å²) in [5.74, 6) is 0.364. The van der Waals surface area contributed by atoms with Crippen LogP contribution in [0, 0.1) is 0 Å². The SMILES string of the molecule is OC[C@H]1O[C@@H](Oc2ccc(O)cc2)[C@H](O)[C@H](O)[C@H]1O. The lowest BCUT2D eigenvalue weighted by atomic mass is 9.99. The summed E-state index contributed by atoms with van der Waals surface area (Å²) in [6.07, 6.45) is -6.58. The first-order chi connectivity index (χ1) is 9.02. The zero-order chi connectivity index (χ0) is 14.0. The molecule has 5 N–H and O–H groups in total. The van der Waals surface area contributed by atoms with Crippen molar-refractivity contribution in [3.63, 3.8) is 0 Å². The molecule has 7 nitrogen and oxygen atoms in total. The average molecular weight is 272 g/mol. The maximum Gasteiger partial charge on any atom is 0.229 e. The van der Waals surface area contributed by atoms with Crippen LogP contribution < -0.4 is 4.74 Å². The van der Waals surface area contributed by atoms with Gasteiger partial charge in [0.05, 0.1) is 6.61 Å².